The molecule has 1 saturated carbocycles. The van der Waals surface area contributed by atoms with Crippen molar-refractivity contribution in [2.24, 2.45) is 11.8 Å². The van der Waals surface area contributed by atoms with E-state index in [-0.39, 0.29) is 59.4 Å². The molecular weight excluding hydrogens is 336 g/mol. The molecular formula is C14H15FNNaO5S. The maximum Gasteiger partial charge on any atom is 1.00 e. The van der Waals surface area contributed by atoms with E-state index in [2.05, 4.69) is 5.32 Å². The number of methoxy groups -OCH3 is 1. The van der Waals surface area contributed by atoms with Gasteiger partial charge in [0.25, 0.3) is 0 Å². The van der Waals surface area contributed by atoms with E-state index in [4.69, 9.17) is 4.74 Å². The number of halogens is 1. The van der Waals surface area contributed by atoms with E-state index in [0.717, 1.165) is 0 Å². The fourth-order valence-electron chi connectivity index (χ4n) is 3.37. The van der Waals surface area contributed by atoms with Gasteiger partial charge in [-0.3, -0.25) is 4.79 Å². The van der Waals surface area contributed by atoms with Crippen LogP contribution >= 0.6 is 0 Å². The molecule has 23 heavy (non-hydrogen) atoms. The van der Waals surface area contributed by atoms with Crippen molar-refractivity contribution in [2.75, 3.05) is 12.4 Å². The minimum Gasteiger partial charge on any atom is -0.746 e. The van der Waals surface area contributed by atoms with Crippen molar-refractivity contribution in [1.82, 2.24) is 0 Å². The molecule has 3 rings (SSSR count). The van der Waals surface area contributed by atoms with Gasteiger partial charge in [0.2, 0.25) is 0 Å². The molecule has 6 nitrogen and oxygen atoms in total. The number of ketones is 1. The first kappa shape index (κ1) is 18.7. The van der Waals surface area contributed by atoms with Crippen LogP contribution in [-0.2, 0) is 10.1 Å². The van der Waals surface area contributed by atoms with Crippen molar-refractivity contribution in [3.63, 3.8) is 0 Å². The molecule has 4 unspecified atom stereocenters. The molecule has 120 valence electrons. The predicted molar refractivity (Wildman–Crippen MR) is 75.5 cm³/mol. The van der Waals surface area contributed by atoms with Gasteiger partial charge in [0.15, 0.2) is 5.78 Å². The fourth-order valence-corrected chi connectivity index (χ4v) is 4.37. The smallest absolute Gasteiger partial charge is 0.746 e. The molecule has 0 aromatic heterocycles. The maximum atomic E-state index is 13.7. The molecule has 0 bridgehead atoms. The summed E-state index contributed by atoms with van der Waals surface area (Å²) < 4.78 is 53.4. The number of nitrogens with one attached hydrogen (secondary N) is 1. The molecule has 1 aliphatic carbocycles. The zero-order valence-electron chi connectivity index (χ0n) is 12.8. The number of hydrogen-bond acceptors (Lipinski definition) is 6. The number of Topliss-reactive ketones (excluding diaryl/α,β-unsaturated/α-hetero) is 1. The van der Waals surface area contributed by atoms with E-state index in [1.807, 2.05) is 0 Å². The second kappa shape index (κ2) is 6.68. The second-order valence-corrected chi connectivity index (χ2v) is 7.17. The number of carbonyl (C=O) groups is 1. The van der Waals surface area contributed by atoms with Crippen molar-refractivity contribution in [2.45, 2.75) is 24.4 Å². The van der Waals surface area contributed by atoms with Gasteiger partial charge in [0.05, 0.1) is 7.11 Å². The number of hydrogen-bond donors (Lipinski definition) is 1. The van der Waals surface area contributed by atoms with Gasteiger partial charge in [-0.2, -0.15) is 0 Å². The van der Waals surface area contributed by atoms with E-state index < -0.39 is 33.5 Å². The zero-order chi connectivity index (χ0) is 16.1. The molecule has 9 heteroatoms. The van der Waals surface area contributed by atoms with E-state index in [9.17, 15) is 22.2 Å². The summed E-state index contributed by atoms with van der Waals surface area (Å²) in [5.41, 5.74) is 0.495. The van der Waals surface area contributed by atoms with Crippen LogP contribution in [-0.4, -0.2) is 37.4 Å². The molecule has 2 aliphatic rings. The van der Waals surface area contributed by atoms with Gasteiger partial charge in [0, 0.05) is 23.1 Å². The molecule has 0 spiro atoms. The van der Waals surface area contributed by atoms with Crippen LogP contribution in [0.25, 0.3) is 0 Å². The Hall–Kier alpha value is -0.670. The Morgan fingerprint density at radius 3 is 2.65 bits per heavy atom. The summed E-state index contributed by atoms with van der Waals surface area (Å²) in [7, 11) is -3.28. The Morgan fingerprint density at radius 1 is 1.35 bits per heavy atom. The first-order chi connectivity index (χ1) is 10.3. The number of benzene rings is 1. The third-order valence-corrected chi connectivity index (χ3v) is 5.47. The van der Waals surface area contributed by atoms with Crippen LogP contribution in [0.1, 0.15) is 23.2 Å². The summed E-state index contributed by atoms with van der Waals surface area (Å²) in [5, 5.41) is 1.13. The molecule has 1 aromatic rings. The van der Waals surface area contributed by atoms with Crippen molar-refractivity contribution in [1.29, 1.82) is 0 Å². The summed E-state index contributed by atoms with van der Waals surface area (Å²) >= 11 is 0. The minimum absolute atomic E-state index is 0. The largest absolute Gasteiger partial charge is 1.00 e. The topological polar surface area (TPSA) is 95.5 Å². The zero-order valence-corrected chi connectivity index (χ0v) is 15.6. The van der Waals surface area contributed by atoms with Crippen LogP contribution < -0.4 is 39.6 Å². The van der Waals surface area contributed by atoms with Crippen molar-refractivity contribution < 1.29 is 56.4 Å². The van der Waals surface area contributed by atoms with Crippen LogP contribution in [0.2, 0.25) is 0 Å². The van der Waals surface area contributed by atoms with Gasteiger partial charge in [0.1, 0.15) is 27.4 Å². The van der Waals surface area contributed by atoms with Crippen LogP contribution in [0, 0.1) is 11.8 Å². The number of alkyl halides is 1. The predicted octanol–water partition coefficient (Wildman–Crippen LogP) is -1.46. The van der Waals surface area contributed by atoms with Crippen molar-refractivity contribution >= 4 is 21.6 Å². The molecule has 1 aliphatic heterocycles. The second-order valence-electron chi connectivity index (χ2n) is 5.67. The van der Waals surface area contributed by atoms with E-state index >= 15 is 0 Å². The van der Waals surface area contributed by atoms with Crippen LogP contribution in [0.5, 0.6) is 5.75 Å². The standard InChI is InChI=1S/C14H16FNO5S.Na/c1-21-8-2-3-12-11(6-8)13(17)9-4-7(15)5-10(9)14(16-12)22(18,19)20;/h2-3,6-7,9-10,14,16H,4-5H2,1H3,(H,18,19,20);/q;+1/p-1. The number of anilines is 1. The first-order valence-corrected chi connectivity index (χ1v) is 8.36. The van der Waals surface area contributed by atoms with Crippen LogP contribution in [0.4, 0.5) is 10.1 Å². The van der Waals surface area contributed by atoms with E-state index in [1.54, 1.807) is 6.07 Å². The Labute approximate surface area is 155 Å². The molecule has 0 saturated heterocycles. The third-order valence-electron chi connectivity index (χ3n) is 4.38. The third kappa shape index (κ3) is 3.41. The number of carbonyl (C=O) groups excluding carboxylic acids is 1. The van der Waals surface area contributed by atoms with Crippen LogP contribution in [0.3, 0.4) is 0 Å². The van der Waals surface area contributed by atoms with Crippen molar-refractivity contribution in [3.8, 4) is 5.75 Å². The Bertz CT molecular complexity index is 726. The summed E-state index contributed by atoms with van der Waals surface area (Å²) in [5.74, 6) is -1.59. The van der Waals surface area contributed by atoms with E-state index in [0.29, 0.717) is 5.75 Å². The van der Waals surface area contributed by atoms with Gasteiger partial charge < -0.3 is 14.6 Å². The Balaban J connectivity index is 0.00000192. The summed E-state index contributed by atoms with van der Waals surface area (Å²) in [6.07, 6.45) is -1.45. The van der Waals surface area contributed by atoms with Crippen molar-refractivity contribution in [3.05, 3.63) is 23.8 Å². The van der Waals surface area contributed by atoms with E-state index in [1.165, 1.54) is 19.2 Å². The normalized spacial score (nSPS) is 29.6. The summed E-state index contributed by atoms with van der Waals surface area (Å²) in [6.45, 7) is 0. The molecule has 1 heterocycles. The molecule has 1 fully saturated rings. The van der Waals surface area contributed by atoms with Gasteiger partial charge in [-0.25, -0.2) is 12.8 Å². The molecule has 0 amide bonds. The van der Waals surface area contributed by atoms with Crippen LogP contribution in [0.15, 0.2) is 18.2 Å². The molecule has 0 radical (unpaired) electrons. The molecule has 1 N–H and O–H groups in total. The number of rotatable bonds is 2. The first-order valence-electron chi connectivity index (χ1n) is 6.89. The minimum atomic E-state index is -4.72. The molecule has 1 aromatic carbocycles. The van der Waals surface area contributed by atoms with Gasteiger partial charge in [-0.1, -0.05) is 0 Å². The quantitative estimate of drug-likeness (QED) is 0.517. The SMILES string of the molecule is COc1ccc2c(c1)C(=O)C1CC(F)CC1C(S(=O)(=O)[O-])N2.[Na+]. The summed E-state index contributed by atoms with van der Waals surface area (Å²) in [6, 6.07) is 4.54. The fraction of sp³-hybridized carbons (Fsp3) is 0.500. The Morgan fingerprint density at radius 2 is 2.04 bits per heavy atom. The number of ether oxygens (including phenoxy) is 1. The van der Waals surface area contributed by atoms with Gasteiger partial charge in [-0.05, 0) is 31.0 Å². The average molecular weight is 351 g/mol. The maximum absolute atomic E-state index is 13.7. The Kier molecular flexibility index (Phi) is 5.42. The monoisotopic (exact) mass is 351 g/mol. The molecule has 4 atom stereocenters. The van der Waals surface area contributed by atoms with Gasteiger partial charge >= 0.3 is 29.6 Å². The number of fused-ring (bicyclic) bond motifs is 2. The average Bonchev–Trinajstić information content (AvgIpc) is 2.79. The summed E-state index contributed by atoms with van der Waals surface area (Å²) in [4.78, 5) is 12.6. The van der Waals surface area contributed by atoms with Gasteiger partial charge in [-0.15, -0.1) is 0 Å².